The van der Waals surface area contributed by atoms with Gasteiger partial charge in [-0.2, -0.15) is 0 Å². The average Bonchev–Trinajstić information content (AvgIpc) is 2.86. The van der Waals surface area contributed by atoms with Crippen molar-refractivity contribution in [2.75, 3.05) is 27.3 Å². The summed E-state index contributed by atoms with van der Waals surface area (Å²) >= 11 is 0. The van der Waals surface area contributed by atoms with Gasteiger partial charge in [-0.25, -0.2) is 4.79 Å². The van der Waals surface area contributed by atoms with Gasteiger partial charge in [-0.3, -0.25) is 24.1 Å². The van der Waals surface area contributed by atoms with Gasteiger partial charge >= 0.3 is 5.69 Å². The van der Waals surface area contributed by atoms with Crippen molar-refractivity contribution in [2.24, 2.45) is 5.73 Å². The van der Waals surface area contributed by atoms with Crippen LogP contribution in [-0.4, -0.2) is 48.3 Å². The van der Waals surface area contributed by atoms with E-state index in [-0.39, 0.29) is 37.8 Å². The Balaban J connectivity index is 1.97. The topological polar surface area (TPSA) is 153 Å². The van der Waals surface area contributed by atoms with Gasteiger partial charge < -0.3 is 25.8 Å². The Labute approximate surface area is 201 Å². The van der Waals surface area contributed by atoms with Gasteiger partial charge in [0.05, 0.1) is 27.3 Å². The van der Waals surface area contributed by atoms with Crippen LogP contribution in [0.25, 0.3) is 0 Å². The largest absolute Gasteiger partial charge is 0.497 e. The van der Waals surface area contributed by atoms with Gasteiger partial charge in [-0.05, 0) is 35.4 Å². The lowest BCUT2D eigenvalue weighted by atomic mass is 10.2. The van der Waals surface area contributed by atoms with Crippen LogP contribution < -0.4 is 37.1 Å². The third-order valence-electron chi connectivity index (χ3n) is 5.24. The first kappa shape index (κ1) is 25.1. The summed E-state index contributed by atoms with van der Waals surface area (Å²) < 4.78 is 12.7. The fourth-order valence-electron chi connectivity index (χ4n) is 3.39. The highest BCUT2D eigenvalue weighted by Crippen LogP contribution is 2.13. The SMILES string of the molecule is COc1ccc(Cn2c(C(=O)NCCNC(=N)N)cc(=O)n(Cc3ccc(OC)cc3)c2=O)cc1. The van der Waals surface area contributed by atoms with Crippen LogP contribution >= 0.6 is 0 Å². The molecule has 35 heavy (non-hydrogen) atoms. The molecule has 11 nitrogen and oxygen atoms in total. The molecule has 3 aromatic rings. The molecule has 0 aliphatic rings. The van der Waals surface area contributed by atoms with Crippen molar-refractivity contribution in [2.45, 2.75) is 13.1 Å². The standard InChI is InChI=1S/C24H28N6O5/c1-34-18-7-3-16(4-8-18)14-29-20(22(32)27-11-12-28-23(25)26)13-21(31)30(24(29)33)15-17-5-9-19(35-2)10-6-17/h3-10,13H,11-12,14-15H2,1-2H3,(H,27,32)(H4,25,26,28). The zero-order chi connectivity index (χ0) is 25.4. The zero-order valence-electron chi connectivity index (χ0n) is 19.5. The molecule has 0 fully saturated rings. The molecule has 11 heteroatoms. The smallest absolute Gasteiger partial charge is 0.332 e. The summed E-state index contributed by atoms with van der Waals surface area (Å²) in [6.07, 6.45) is 0. The van der Waals surface area contributed by atoms with Crippen molar-refractivity contribution < 1.29 is 14.3 Å². The number of nitrogens with one attached hydrogen (secondary N) is 3. The number of hydrogen-bond donors (Lipinski definition) is 4. The lowest BCUT2D eigenvalue weighted by Crippen LogP contribution is -2.45. The molecule has 0 unspecified atom stereocenters. The average molecular weight is 481 g/mol. The van der Waals surface area contributed by atoms with Gasteiger partial charge in [0.25, 0.3) is 11.5 Å². The van der Waals surface area contributed by atoms with E-state index in [9.17, 15) is 14.4 Å². The Bertz CT molecular complexity index is 1300. The fraction of sp³-hybridized carbons (Fsp3) is 0.250. The highest BCUT2D eigenvalue weighted by Gasteiger charge is 2.18. The van der Waals surface area contributed by atoms with Crippen LogP contribution in [0.3, 0.4) is 0 Å². The number of methoxy groups -OCH3 is 2. The molecule has 5 N–H and O–H groups in total. The maximum absolute atomic E-state index is 13.4. The number of carbonyl (C=O) groups excluding carboxylic acids is 1. The molecule has 0 aliphatic heterocycles. The number of amides is 1. The van der Waals surface area contributed by atoms with Crippen LogP contribution in [0.15, 0.2) is 64.2 Å². The summed E-state index contributed by atoms with van der Waals surface area (Å²) in [4.78, 5) is 39.2. The monoisotopic (exact) mass is 480 g/mol. The zero-order valence-corrected chi connectivity index (χ0v) is 19.5. The second-order valence-electron chi connectivity index (χ2n) is 7.62. The fourth-order valence-corrected chi connectivity index (χ4v) is 3.39. The molecule has 1 heterocycles. The minimum Gasteiger partial charge on any atom is -0.497 e. The van der Waals surface area contributed by atoms with E-state index in [1.165, 1.54) is 4.57 Å². The van der Waals surface area contributed by atoms with Crippen LogP contribution in [0.4, 0.5) is 0 Å². The Morgan fingerprint density at radius 3 is 1.83 bits per heavy atom. The molecule has 1 aromatic heterocycles. The highest BCUT2D eigenvalue weighted by atomic mass is 16.5. The lowest BCUT2D eigenvalue weighted by Gasteiger charge is -2.16. The van der Waals surface area contributed by atoms with E-state index < -0.39 is 17.2 Å². The van der Waals surface area contributed by atoms with E-state index in [1.54, 1.807) is 62.8 Å². The molecule has 0 spiro atoms. The van der Waals surface area contributed by atoms with Crippen LogP contribution in [0.5, 0.6) is 11.5 Å². The number of guanidine groups is 1. The predicted octanol–water partition coefficient (Wildman–Crippen LogP) is 0.337. The van der Waals surface area contributed by atoms with E-state index in [0.717, 1.165) is 21.8 Å². The van der Waals surface area contributed by atoms with Crippen molar-refractivity contribution in [3.05, 3.63) is 92.3 Å². The first-order chi connectivity index (χ1) is 16.8. The molecule has 0 bridgehead atoms. The number of nitrogens with zero attached hydrogens (tertiary/aromatic N) is 2. The van der Waals surface area contributed by atoms with E-state index in [4.69, 9.17) is 20.6 Å². The van der Waals surface area contributed by atoms with Crippen molar-refractivity contribution in [1.29, 1.82) is 5.41 Å². The van der Waals surface area contributed by atoms with Crippen LogP contribution in [0, 0.1) is 5.41 Å². The van der Waals surface area contributed by atoms with Crippen molar-refractivity contribution in [1.82, 2.24) is 19.8 Å². The Morgan fingerprint density at radius 2 is 1.34 bits per heavy atom. The molecule has 0 saturated carbocycles. The normalized spacial score (nSPS) is 10.5. The van der Waals surface area contributed by atoms with Crippen LogP contribution in [0.2, 0.25) is 0 Å². The summed E-state index contributed by atoms with van der Waals surface area (Å²) in [5.41, 5.74) is 5.44. The number of hydrogen-bond acceptors (Lipinski definition) is 6. The first-order valence-electron chi connectivity index (χ1n) is 10.8. The number of rotatable bonds is 10. The quantitative estimate of drug-likeness (QED) is 0.185. The second-order valence-corrected chi connectivity index (χ2v) is 7.62. The van der Waals surface area contributed by atoms with Gasteiger partial charge in [0, 0.05) is 19.2 Å². The summed E-state index contributed by atoms with van der Waals surface area (Å²) in [6, 6.07) is 15.2. The number of nitrogens with two attached hydrogens (primary N) is 1. The molecule has 0 saturated heterocycles. The van der Waals surface area contributed by atoms with Gasteiger partial charge in [-0.1, -0.05) is 24.3 Å². The van der Waals surface area contributed by atoms with Crippen molar-refractivity contribution in [3.8, 4) is 11.5 Å². The highest BCUT2D eigenvalue weighted by molar-refractivity contribution is 5.92. The van der Waals surface area contributed by atoms with Gasteiger partial charge in [0.2, 0.25) is 0 Å². The number of ether oxygens (including phenoxy) is 2. The minimum absolute atomic E-state index is 0.0364. The minimum atomic E-state index is -0.615. The Kier molecular flexibility index (Phi) is 8.28. The maximum atomic E-state index is 13.4. The summed E-state index contributed by atoms with van der Waals surface area (Å²) in [5.74, 6) is 0.497. The van der Waals surface area contributed by atoms with E-state index in [0.29, 0.717) is 11.5 Å². The molecule has 184 valence electrons. The molecule has 0 aliphatic carbocycles. The number of aromatic nitrogens is 2. The summed E-state index contributed by atoms with van der Waals surface area (Å²) in [7, 11) is 3.11. The molecule has 2 aromatic carbocycles. The molecular weight excluding hydrogens is 452 g/mol. The molecule has 3 rings (SSSR count). The molecular formula is C24H28N6O5. The van der Waals surface area contributed by atoms with Crippen molar-refractivity contribution in [3.63, 3.8) is 0 Å². The Morgan fingerprint density at radius 1 is 0.857 bits per heavy atom. The van der Waals surface area contributed by atoms with E-state index >= 15 is 0 Å². The van der Waals surface area contributed by atoms with Crippen LogP contribution in [0.1, 0.15) is 21.6 Å². The first-order valence-corrected chi connectivity index (χ1v) is 10.8. The second kappa shape index (κ2) is 11.5. The number of carbonyl (C=O) groups is 1. The van der Waals surface area contributed by atoms with Gasteiger partial charge in [0.1, 0.15) is 17.2 Å². The van der Waals surface area contributed by atoms with Crippen molar-refractivity contribution >= 4 is 11.9 Å². The third kappa shape index (κ3) is 6.50. The molecule has 1 amide bonds. The Hall–Kier alpha value is -4.54. The third-order valence-corrected chi connectivity index (χ3v) is 5.24. The van der Waals surface area contributed by atoms with Gasteiger partial charge in [0.15, 0.2) is 5.96 Å². The number of benzene rings is 2. The summed E-state index contributed by atoms with van der Waals surface area (Å²) in [5, 5.41) is 12.4. The lowest BCUT2D eigenvalue weighted by molar-refractivity contribution is 0.0943. The summed E-state index contributed by atoms with van der Waals surface area (Å²) in [6.45, 7) is 0.470. The van der Waals surface area contributed by atoms with E-state index in [1.807, 2.05) is 0 Å². The molecule has 0 atom stereocenters. The molecule has 0 radical (unpaired) electrons. The van der Waals surface area contributed by atoms with Crippen LogP contribution in [-0.2, 0) is 13.1 Å². The predicted molar refractivity (Wildman–Crippen MR) is 131 cm³/mol. The van der Waals surface area contributed by atoms with Gasteiger partial charge in [-0.15, -0.1) is 0 Å². The van der Waals surface area contributed by atoms with E-state index in [2.05, 4.69) is 10.6 Å². The maximum Gasteiger partial charge on any atom is 0.332 e.